The van der Waals surface area contributed by atoms with Crippen molar-refractivity contribution in [2.24, 2.45) is 0 Å². The molecule has 0 spiro atoms. The molecule has 0 aliphatic carbocycles. The highest BCUT2D eigenvalue weighted by molar-refractivity contribution is 5.90. The van der Waals surface area contributed by atoms with Crippen LogP contribution in [0.3, 0.4) is 0 Å². The highest BCUT2D eigenvalue weighted by atomic mass is 16.5. The van der Waals surface area contributed by atoms with Gasteiger partial charge in [0, 0.05) is 5.69 Å². The van der Waals surface area contributed by atoms with Gasteiger partial charge in [0.2, 0.25) is 0 Å². The Morgan fingerprint density at radius 3 is 3.05 bits per heavy atom. The minimum atomic E-state index is -0.399. The Morgan fingerprint density at radius 1 is 1.45 bits per heavy atom. The summed E-state index contributed by atoms with van der Waals surface area (Å²) in [5, 5.41) is 11.9. The van der Waals surface area contributed by atoms with E-state index in [1.54, 1.807) is 31.2 Å². The number of rotatable bonds is 5. The normalized spacial score (nSPS) is 9.80. The number of carbonyl (C=O) groups excluding carboxylic acids is 1. The highest BCUT2D eigenvalue weighted by Crippen LogP contribution is 2.16. The molecule has 1 aromatic carbocycles. The molecule has 0 unspecified atom stereocenters. The molecule has 0 amide bonds. The van der Waals surface area contributed by atoms with Crippen molar-refractivity contribution in [3.8, 4) is 6.07 Å². The molecule has 1 aromatic heterocycles. The van der Waals surface area contributed by atoms with Crippen LogP contribution in [0.4, 0.5) is 5.69 Å². The number of hydrogen-bond acceptors (Lipinski definition) is 5. The van der Waals surface area contributed by atoms with Gasteiger partial charge in [-0.05, 0) is 31.2 Å². The Labute approximate surface area is 116 Å². The first-order chi connectivity index (χ1) is 9.74. The average Bonchev–Trinajstić information content (AvgIpc) is 2.94. The van der Waals surface area contributed by atoms with Gasteiger partial charge in [0.1, 0.15) is 11.3 Å². The standard InChI is InChI=1S/C15H14N2O3/c1-2-19-15(18)13-6-7-20-14(13)10-17-12-5-3-4-11(8-12)9-16/h3-8,17H,2,10H2,1H3. The molecule has 0 radical (unpaired) electrons. The maximum Gasteiger partial charge on any atom is 0.341 e. The Kier molecular flexibility index (Phi) is 4.40. The number of hydrogen-bond donors (Lipinski definition) is 1. The van der Waals surface area contributed by atoms with Gasteiger partial charge < -0.3 is 14.5 Å². The summed E-state index contributed by atoms with van der Waals surface area (Å²) in [6.45, 7) is 2.42. The van der Waals surface area contributed by atoms with Gasteiger partial charge >= 0.3 is 5.97 Å². The Hall–Kier alpha value is -2.74. The lowest BCUT2D eigenvalue weighted by molar-refractivity contribution is 0.0524. The smallest absolute Gasteiger partial charge is 0.341 e. The fraction of sp³-hybridized carbons (Fsp3) is 0.200. The predicted molar refractivity (Wildman–Crippen MR) is 73.1 cm³/mol. The molecule has 0 fully saturated rings. The predicted octanol–water partition coefficient (Wildman–Crippen LogP) is 2.94. The second kappa shape index (κ2) is 6.43. The van der Waals surface area contributed by atoms with Gasteiger partial charge in [-0.1, -0.05) is 6.07 Å². The van der Waals surface area contributed by atoms with E-state index in [2.05, 4.69) is 11.4 Å². The molecule has 1 heterocycles. The number of furan rings is 1. The maximum atomic E-state index is 11.7. The van der Waals surface area contributed by atoms with Crippen molar-refractivity contribution >= 4 is 11.7 Å². The summed E-state index contributed by atoms with van der Waals surface area (Å²) in [6, 6.07) is 10.7. The van der Waals surface area contributed by atoms with Gasteiger partial charge in [0.15, 0.2) is 0 Å². The van der Waals surface area contributed by atoms with Crippen LogP contribution >= 0.6 is 0 Å². The summed E-state index contributed by atoms with van der Waals surface area (Å²) in [5.74, 6) is 0.106. The van der Waals surface area contributed by atoms with Gasteiger partial charge in [-0.15, -0.1) is 0 Å². The molecule has 102 valence electrons. The topological polar surface area (TPSA) is 75.3 Å². The molecule has 0 aliphatic rings. The number of anilines is 1. The summed E-state index contributed by atoms with van der Waals surface area (Å²) in [4.78, 5) is 11.7. The number of esters is 1. The van der Waals surface area contributed by atoms with E-state index < -0.39 is 5.97 Å². The van der Waals surface area contributed by atoms with E-state index in [0.29, 0.717) is 30.0 Å². The molecule has 0 atom stereocenters. The van der Waals surface area contributed by atoms with Crippen LogP contribution in [-0.4, -0.2) is 12.6 Å². The number of nitrogens with one attached hydrogen (secondary N) is 1. The second-order valence-corrected chi connectivity index (χ2v) is 4.02. The van der Waals surface area contributed by atoms with Gasteiger partial charge in [-0.3, -0.25) is 0 Å². The fourth-order valence-corrected chi connectivity index (χ4v) is 1.75. The molecule has 2 aromatic rings. The molecule has 5 nitrogen and oxygen atoms in total. The summed E-state index contributed by atoms with van der Waals surface area (Å²) in [5.41, 5.74) is 1.77. The van der Waals surface area contributed by atoms with Crippen LogP contribution < -0.4 is 5.32 Å². The Morgan fingerprint density at radius 2 is 2.30 bits per heavy atom. The Bertz CT molecular complexity index is 641. The summed E-state index contributed by atoms with van der Waals surface area (Å²) < 4.78 is 10.2. The highest BCUT2D eigenvalue weighted by Gasteiger charge is 2.15. The first-order valence-electron chi connectivity index (χ1n) is 6.22. The zero-order valence-electron chi connectivity index (χ0n) is 11.1. The van der Waals surface area contributed by atoms with Crippen molar-refractivity contribution in [1.29, 1.82) is 5.26 Å². The fourth-order valence-electron chi connectivity index (χ4n) is 1.75. The lowest BCUT2D eigenvalue weighted by atomic mass is 10.2. The Balaban J connectivity index is 2.06. The third kappa shape index (κ3) is 3.18. The monoisotopic (exact) mass is 270 g/mol. The van der Waals surface area contributed by atoms with Crippen molar-refractivity contribution < 1.29 is 13.9 Å². The molecule has 0 aliphatic heterocycles. The molecular formula is C15H14N2O3. The van der Waals surface area contributed by atoms with Gasteiger partial charge in [0.05, 0.1) is 31.0 Å². The molecular weight excluding hydrogens is 256 g/mol. The largest absolute Gasteiger partial charge is 0.467 e. The minimum absolute atomic E-state index is 0.321. The third-order valence-corrected chi connectivity index (χ3v) is 2.69. The van der Waals surface area contributed by atoms with Gasteiger partial charge in [-0.2, -0.15) is 5.26 Å². The first-order valence-corrected chi connectivity index (χ1v) is 6.22. The van der Waals surface area contributed by atoms with Gasteiger partial charge in [0.25, 0.3) is 0 Å². The maximum absolute atomic E-state index is 11.7. The van der Waals surface area contributed by atoms with Crippen LogP contribution in [0.5, 0.6) is 0 Å². The molecule has 0 bridgehead atoms. The molecule has 20 heavy (non-hydrogen) atoms. The van der Waals surface area contributed by atoms with Gasteiger partial charge in [-0.25, -0.2) is 4.79 Å². The van der Waals surface area contributed by atoms with E-state index >= 15 is 0 Å². The van der Waals surface area contributed by atoms with Crippen LogP contribution in [-0.2, 0) is 11.3 Å². The molecule has 1 N–H and O–H groups in total. The zero-order valence-corrected chi connectivity index (χ0v) is 11.1. The average molecular weight is 270 g/mol. The van der Waals surface area contributed by atoms with Crippen molar-refractivity contribution in [3.05, 3.63) is 53.5 Å². The van der Waals surface area contributed by atoms with E-state index in [1.807, 2.05) is 6.07 Å². The number of benzene rings is 1. The lowest BCUT2D eigenvalue weighted by Crippen LogP contribution is -2.08. The van der Waals surface area contributed by atoms with Crippen LogP contribution in [0.25, 0.3) is 0 Å². The van der Waals surface area contributed by atoms with Crippen LogP contribution in [0.2, 0.25) is 0 Å². The summed E-state index contributed by atoms with van der Waals surface area (Å²) >= 11 is 0. The zero-order chi connectivity index (χ0) is 14.4. The first kappa shape index (κ1) is 13.7. The number of carbonyl (C=O) groups is 1. The van der Waals surface area contributed by atoms with Crippen molar-refractivity contribution in [1.82, 2.24) is 0 Å². The minimum Gasteiger partial charge on any atom is -0.467 e. The SMILES string of the molecule is CCOC(=O)c1ccoc1CNc1cccc(C#N)c1. The van der Waals surface area contributed by atoms with E-state index in [-0.39, 0.29) is 0 Å². The van der Waals surface area contributed by atoms with Crippen LogP contribution in [0.1, 0.15) is 28.6 Å². The summed E-state index contributed by atoms with van der Waals surface area (Å²) in [7, 11) is 0. The van der Waals surface area contributed by atoms with Crippen LogP contribution in [0, 0.1) is 11.3 Å². The van der Waals surface area contributed by atoms with Crippen molar-refractivity contribution in [2.45, 2.75) is 13.5 Å². The van der Waals surface area contributed by atoms with E-state index in [4.69, 9.17) is 14.4 Å². The van der Waals surface area contributed by atoms with Crippen molar-refractivity contribution in [3.63, 3.8) is 0 Å². The number of ether oxygens (including phenoxy) is 1. The third-order valence-electron chi connectivity index (χ3n) is 2.69. The van der Waals surface area contributed by atoms with E-state index in [9.17, 15) is 4.79 Å². The quantitative estimate of drug-likeness (QED) is 0.845. The van der Waals surface area contributed by atoms with Crippen molar-refractivity contribution in [2.75, 3.05) is 11.9 Å². The molecule has 0 saturated carbocycles. The lowest BCUT2D eigenvalue weighted by Gasteiger charge is -2.06. The van der Waals surface area contributed by atoms with E-state index in [0.717, 1.165) is 5.69 Å². The van der Waals surface area contributed by atoms with E-state index in [1.165, 1.54) is 6.26 Å². The number of nitriles is 1. The summed E-state index contributed by atoms with van der Waals surface area (Å²) in [6.07, 6.45) is 1.45. The number of nitrogens with zero attached hydrogens (tertiary/aromatic N) is 1. The molecule has 5 heteroatoms. The van der Waals surface area contributed by atoms with Crippen LogP contribution in [0.15, 0.2) is 41.0 Å². The molecule has 0 saturated heterocycles. The second-order valence-electron chi connectivity index (χ2n) is 4.02. The molecule has 2 rings (SSSR count).